The van der Waals surface area contributed by atoms with Crippen molar-refractivity contribution in [2.24, 2.45) is 5.73 Å². The van der Waals surface area contributed by atoms with Crippen LogP contribution < -0.4 is 5.73 Å². The molecule has 1 aromatic carbocycles. The van der Waals surface area contributed by atoms with Crippen LogP contribution in [0.1, 0.15) is 18.4 Å². The fraction of sp³-hybridized carbons (Fsp3) is 0.421. The highest BCUT2D eigenvalue weighted by Crippen LogP contribution is 2.20. The summed E-state index contributed by atoms with van der Waals surface area (Å²) in [6, 6.07) is 5.54. The van der Waals surface area contributed by atoms with Crippen LogP contribution in [-0.4, -0.2) is 63.1 Å². The Balaban J connectivity index is 1.42. The van der Waals surface area contributed by atoms with E-state index in [9.17, 15) is 0 Å². The molecule has 0 radical (unpaired) electrons. The highest BCUT2D eigenvalue weighted by molar-refractivity contribution is 5.98. The molecule has 0 unspecified atom stereocenters. The molecule has 0 spiro atoms. The molecule has 4 rings (SSSR count). The molecule has 142 valence electrons. The third-order valence-corrected chi connectivity index (χ3v) is 4.95. The lowest BCUT2D eigenvalue weighted by Crippen LogP contribution is -2.36. The molecule has 8 nitrogen and oxygen atoms in total. The minimum absolute atomic E-state index is 0.0508. The van der Waals surface area contributed by atoms with Crippen molar-refractivity contribution in [3.05, 3.63) is 36.2 Å². The number of hydrogen-bond acceptors (Lipinski definition) is 5. The van der Waals surface area contributed by atoms with Crippen molar-refractivity contribution in [3.63, 3.8) is 0 Å². The molecular weight excluding hydrogens is 342 g/mol. The number of imidazole rings is 2. The second kappa shape index (κ2) is 7.89. The zero-order valence-corrected chi connectivity index (χ0v) is 15.3. The second-order valence-corrected chi connectivity index (χ2v) is 6.84. The van der Waals surface area contributed by atoms with Gasteiger partial charge in [0, 0.05) is 37.6 Å². The van der Waals surface area contributed by atoms with E-state index in [-0.39, 0.29) is 5.84 Å². The molecule has 0 bridgehead atoms. The Morgan fingerprint density at radius 3 is 2.85 bits per heavy atom. The van der Waals surface area contributed by atoms with Crippen molar-refractivity contribution in [3.8, 4) is 11.6 Å². The number of aromatic nitrogens is 4. The highest BCUT2D eigenvalue weighted by Gasteiger charge is 2.13. The predicted molar refractivity (Wildman–Crippen MR) is 105 cm³/mol. The highest BCUT2D eigenvalue weighted by atomic mass is 16.5. The summed E-state index contributed by atoms with van der Waals surface area (Å²) < 4.78 is 7.53. The van der Waals surface area contributed by atoms with E-state index in [0.717, 1.165) is 74.9 Å². The SMILES string of the molecule is N=C(N)c1ccc2nc(-c3nccn3CCCCN3CCOCC3)[nH]c2c1. The minimum Gasteiger partial charge on any atom is -0.384 e. The molecule has 0 atom stereocenters. The van der Waals surface area contributed by atoms with Crippen LogP contribution >= 0.6 is 0 Å². The molecule has 4 N–H and O–H groups in total. The molecule has 8 heteroatoms. The fourth-order valence-corrected chi connectivity index (χ4v) is 3.43. The minimum atomic E-state index is 0.0508. The number of ether oxygens (including phenoxy) is 1. The van der Waals surface area contributed by atoms with E-state index >= 15 is 0 Å². The summed E-state index contributed by atoms with van der Waals surface area (Å²) in [6.45, 7) is 5.81. The zero-order valence-electron chi connectivity index (χ0n) is 15.3. The number of nitrogen functional groups attached to an aromatic ring is 1. The molecule has 0 amide bonds. The van der Waals surface area contributed by atoms with E-state index < -0.39 is 0 Å². The molecule has 0 saturated carbocycles. The largest absolute Gasteiger partial charge is 0.384 e. The van der Waals surface area contributed by atoms with Gasteiger partial charge in [-0.05, 0) is 37.6 Å². The number of nitrogens with zero attached hydrogens (tertiary/aromatic N) is 4. The Kier molecular flexibility index (Phi) is 5.17. The van der Waals surface area contributed by atoms with Crippen LogP contribution in [0.5, 0.6) is 0 Å². The van der Waals surface area contributed by atoms with Crippen molar-refractivity contribution >= 4 is 16.9 Å². The first kappa shape index (κ1) is 17.7. The van der Waals surface area contributed by atoms with E-state index in [1.165, 1.54) is 0 Å². The van der Waals surface area contributed by atoms with Gasteiger partial charge in [0.25, 0.3) is 0 Å². The number of nitrogens with two attached hydrogens (primary N) is 1. The van der Waals surface area contributed by atoms with Gasteiger partial charge in [-0.15, -0.1) is 0 Å². The molecule has 3 heterocycles. The van der Waals surface area contributed by atoms with Gasteiger partial charge in [0.15, 0.2) is 11.6 Å². The van der Waals surface area contributed by atoms with Gasteiger partial charge in [-0.2, -0.15) is 0 Å². The Morgan fingerprint density at radius 2 is 2.04 bits per heavy atom. The Bertz CT molecular complexity index is 923. The first-order valence-electron chi connectivity index (χ1n) is 9.36. The first-order valence-corrected chi connectivity index (χ1v) is 9.36. The molecule has 1 saturated heterocycles. The van der Waals surface area contributed by atoms with Gasteiger partial charge in [-0.1, -0.05) is 0 Å². The summed E-state index contributed by atoms with van der Waals surface area (Å²) in [6.07, 6.45) is 6.05. The molecule has 3 aromatic rings. The first-order chi connectivity index (χ1) is 13.2. The van der Waals surface area contributed by atoms with Gasteiger partial charge in [0.2, 0.25) is 0 Å². The van der Waals surface area contributed by atoms with Crippen molar-refractivity contribution < 1.29 is 4.74 Å². The number of unbranched alkanes of at least 4 members (excludes halogenated alkanes) is 1. The maximum Gasteiger partial charge on any atom is 0.176 e. The quantitative estimate of drug-likeness (QED) is 0.335. The number of aryl methyl sites for hydroxylation is 1. The molecule has 27 heavy (non-hydrogen) atoms. The topological polar surface area (TPSA) is 109 Å². The van der Waals surface area contributed by atoms with Gasteiger partial charge in [-0.3, -0.25) is 10.3 Å². The standard InChI is InChI=1S/C19H25N7O/c20-17(21)14-3-4-15-16(13-14)24-18(23-15)19-22-5-8-26(19)7-2-1-6-25-9-11-27-12-10-25/h3-5,8,13H,1-2,6-7,9-12H2,(H3,20,21)(H,23,24). The lowest BCUT2D eigenvalue weighted by molar-refractivity contribution is 0.0371. The van der Waals surface area contributed by atoms with Crippen LogP contribution in [0, 0.1) is 5.41 Å². The predicted octanol–water partition coefficient (Wildman–Crippen LogP) is 1.82. The maximum absolute atomic E-state index is 7.58. The molecule has 1 fully saturated rings. The third-order valence-electron chi connectivity index (χ3n) is 4.95. The summed E-state index contributed by atoms with van der Waals surface area (Å²) in [5.74, 6) is 1.63. The van der Waals surface area contributed by atoms with Gasteiger partial charge >= 0.3 is 0 Å². The van der Waals surface area contributed by atoms with Crippen LogP contribution in [0.3, 0.4) is 0 Å². The normalized spacial score (nSPS) is 15.4. The summed E-state index contributed by atoms with van der Waals surface area (Å²) in [5, 5.41) is 7.58. The van der Waals surface area contributed by atoms with Crippen molar-refractivity contribution in [2.75, 3.05) is 32.8 Å². The number of hydrogen-bond donors (Lipinski definition) is 3. The summed E-state index contributed by atoms with van der Waals surface area (Å²) in [7, 11) is 0. The number of morpholine rings is 1. The third kappa shape index (κ3) is 4.01. The average molecular weight is 367 g/mol. The summed E-state index contributed by atoms with van der Waals surface area (Å²) in [4.78, 5) is 14.9. The van der Waals surface area contributed by atoms with E-state index in [1.807, 2.05) is 30.6 Å². The molecule has 1 aliphatic rings. The number of benzene rings is 1. The van der Waals surface area contributed by atoms with E-state index in [4.69, 9.17) is 15.9 Å². The van der Waals surface area contributed by atoms with Crippen LogP contribution in [-0.2, 0) is 11.3 Å². The Hall–Kier alpha value is -2.71. The van der Waals surface area contributed by atoms with Crippen molar-refractivity contribution in [1.82, 2.24) is 24.4 Å². The Labute approximate surface area is 157 Å². The van der Waals surface area contributed by atoms with Crippen molar-refractivity contribution in [2.45, 2.75) is 19.4 Å². The second-order valence-electron chi connectivity index (χ2n) is 6.84. The summed E-state index contributed by atoms with van der Waals surface area (Å²) >= 11 is 0. The number of H-pyrrole nitrogens is 1. The van der Waals surface area contributed by atoms with Crippen molar-refractivity contribution in [1.29, 1.82) is 5.41 Å². The number of rotatable bonds is 7. The van der Waals surface area contributed by atoms with Crippen LogP contribution in [0.25, 0.3) is 22.7 Å². The lowest BCUT2D eigenvalue weighted by Gasteiger charge is -2.26. The van der Waals surface area contributed by atoms with Gasteiger partial charge in [0.1, 0.15) is 5.84 Å². The maximum atomic E-state index is 7.58. The van der Waals surface area contributed by atoms with Gasteiger partial charge in [0.05, 0.1) is 24.2 Å². The number of nitrogens with one attached hydrogen (secondary N) is 2. The van der Waals surface area contributed by atoms with Crippen LogP contribution in [0.15, 0.2) is 30.6 Å². The molecular formula is C19H25N7O. The number of aromatic amines is 1. The van der Waals surface area contributed by atoms with Gasteiger partial charge in [-0.25, -0.2) is 9.97 Å². The van der Waals surface area contributed by atoms with E-state index in [2.05, 4.69) is 24.4 Å². The lowest BCUT2D eigenvalue weighted by atomic mass is 10.2. The van der Waals surface area contributed by atoms with Crippen LogP contribution in [0.4, 0.5) is 0 Å². The average Bonchev–Trinajstić information content (AvgIpc) is 3.31. The summed E-state index contributed by atoms with van der Waals surface area (Å²) in [5.41, 5.74) is 7.96. The molecule has 1 aliphatic heterocycles. The number of fused-ring (bicyclic) bond motifs is 1. The zero-order chi connectivity index (χ0) is 18.6. The van der Waals surface area contributed by atoms with Gasteiger partial charge < -0.3 is 20.0 Å². The van der Waals surface area contributed by atoms with Crippen LogP contribution in [0.2, 0.25) is 0 Å². The number of amidine groups is 1. The smallest absolute Gasteiger partial charge is 0.176 e. The Morgan fingerprint density at radius 1 is 1.22 bits per heavy atom. The van der Waals surface area contributed by atoms with E-state index in [1.54, 1.807) is 0 Å². The molecule has 2 aromatic heterocycles. The molecule has 0 aliphatic carbocycles. The van der Waals surface area contributed by atoms with E-state index in [0.29, 0.717) is 5.56 Å². The fourth-order valence-electron chi connectivity index (χ4n) is 3.43. The monoisotopic (exact) mass is 367 g/mol.